The minimum absolute atomic E-state index is 0.145. The van der Waals surface area contributed by atoms with Crippen molar-refractivity contribution in [3.05, 3.63) is 12.2 Å². The molecule has 5 heteroatoms. The Morgan fingerprint density at radius 2 is 0.548 bits per heavy atom. The van der Waals surface area contributed by atoms with Gasteiger partial charge in [-0.1, -0.05) is 360 Å². The van der Waals surface area contributed by atoms with Gasteiger partial charge in [-0.2, -0.15) is 0 Å². The highest BCUT2D eigenvalue weighted by Crippen LogP contribution is 2.19. The molecule has 0 fully saturated rings. The van der Waals surface area contributed by atoms with Gasteiger partial charge >= 0.3 is 0 Å². The molecule has 0 saturated heterocycles. The minimum Gasteiger partial charge on any atom is -0.394 e. The Morgan fingerprint density at radius 1 is 0.329 bits per heavy atom. The molecule has 1 amide bonds. The maximum atomic E-state index is 12.6. The summed E-state index contributed by atoms with van der Waals surface area (Å²) in [5, 5.41) is 33.9. The fourth-order valence-corrected chi connectivity index (χ4v) is 11.2. The molecule has 0 aromatic heterocycles. The SMILES string of the molecule is CCCCCCCCCCCCCCCCCCC/C=C/CCCC(O)C(O)C(CO)NC(=O)CCCCCCCCCCCCCCCCCCCCCCCCCCCCCCCCCCCCCCC. The summed E-state index contributed by atoms with van der Waals surface area (Å²) in [6, 6.07) is -0.824. The maximum Gasteiger partial charge on any atom is 0.220 e. The molecule has 0 rings (SSSR count). The third kappa shape index (κ3) is 58.6. The van der Waals surface area contributed by atoms with Crippen molar-refractivity contribution in [2.45, 2.75) is 411 Å². The number of carbonyl (C=O) groups is 1. The van der Waals surface area contributed by atoms with Gasteiger partial charge < -0.3 is 20.6 Å². The van der Waals surface area contributed by atoms with Crippen molar-refractivity contribution < 1.29 is 20.1 Å². The number of aliphatic hydroxyl groups is 3. The molecule has 0 saturated carbocycles. The van der Waals surface area contributed by atoms with Gasteiger partial charge in [0.05, 0.1) is 18.8 Å². The Hall–Kier alpha value is -0.910. The number of carbonyl (C=O) groups excluding carboxylic acids is 1. The summed E-state index contributed by atoms with van der Waals surface area (Å²) < 4.78 is 0. The van der Waals surface area contributed by atoms with Crippen LogP contribution in [0.4, 0.5) is 0 Å². The largest absolute Gasteiger partial charge is 0.394 e. The number of hydrogen-bond acceptors (Lipinski definition) is 4. The molecule has 4 N–H and O–H groups in total. The summed E-state index contributed by atoms with van der Waals surface area (Å²) in [5.74, 6) is -0.145. The predicted molar refractivity (Wildman–Crippen MR) is 324 cm³/mol. The molecule has 3 atom stereocenters. The molecule has 5 nitrogen and oxygen atoms in total. The van der Waals surface area contributed by atoms with E-state index < -0.39 is 18.2 Å². The zero-order valence-electron chi connectivity index (χ0n) is 50.1. The van der Waals surface area contributed by atoms with Gasteiger partial charge in [0, 0.05) is 6.42 Å². The second-order valence-corrected chi connectivity index (χ2v) is 23.7. The number of rotatable bonds is 64. The van der Waals surface area contributed by atoms with E-state index in [-0.39, 0.29) is 12.5 Å². The Balaban J connectivity index is 3.44. The number of aliphatic hydroxyl groups excluding tert-OH is 3. The lowest BCUT2D eigenvalue weighted by Crippen LogP contribution is -2.50. The monoisotopic (exact) mass is 1030 g/mol. The second-order valence-electron chi connectivity index (χ2n) is 23.7. The molecule has 0 bridgehead atoms. The highest BCUT2D eigenvalue weighted by atomic mass is 16.3. The number of nitrogens with one attached hydrogen (secondary N) is 1. The smallest absolute Gasteiger partial charge is 0.220 e. The molecule has 0 aromatic rings. The lowest BCUT2D eigenvalue weighted by Gasteiger charge is -2.26. The first kappa shape index (κ1) is 72.1. The quantitative estimate of drug-likeness (QED) is 0.0361. The molecule has 0 aromatic carbocycles. The van der Waals surface area contributed by atoms with Crippen LogP contribution in [0.5, 0.6) is 0 Å². The van der Waals surface area contributed by atoms with Gasteiger partial charge in [-0.05, 0) is 38.5 Å². The number of allylic oxidation sites excluding steroid dienone is 2. The summed E-state index contributed by atoms with van der Waals surface area (Å²) in [6.45, 7) is 4.22. The number of unbranched alkanes of at least 4 members (excludes halogenated alkanes) is 54. The van der Waals surface area contributed by atoms with Crippen LogP contribution in [0, 0.1) is 0 Å². The summed E-state index contributed by atoms with van der Waals surface area (Å²) in [4.78, 5) is 12.6. The minimum atomic E-state index is -1.16. The molecule has 0 aliphatic carbocycles. The lowest BCUT2D eigenvalue weighted by molar-refractivity contribution is -0.124. The Kier molecular flexibility index (Phi) is 62.8. The highest BCUT2D eigenvalue weighted by Gasteiger charge is 2.26. The van der Waals surface area contributed by atoms with E-state index in [0.29, 0.717) is 12.8 Å². The van der Waals surface area contributed by atoms with E-state index >= 15 is 0 Å². The van der Waals surface area contributed by atoms with E-state index in [1.54, 1.807) is 0 Å². The standard InChI is InChI=1S/C68H135NO4/c1-3-5-7-9-11-13-15-17-19-21-23-25-27-28-29-30-31-32-33-34-35-36-37-38-39-40-41-43-45-47-49-51-53-55-57-59-61-63-67(72)69-65(64-70)68(73)66(71)62-60-58-56-54-52-50-48-46-44-42-26-24-22-20-18-16-14-12-10-8-6-4-2/h54,56,65-66,68,70-71,73H,3-53,55,57-64H2,1-2H3,(H,69,72)/b56-54+. The summed E-state index contributed by atoms with van der Waals surface area (Å²) >= 11 is 0. The summed E-state index contributed by atoms with van der Waals surface area (Å²) in [5.41, 5.74) is 0. The van der Waals surface area contributed by atoms with Crippen molar-refractivity contribution >= 4 is 5.91 Å². The lowest BCUT2D eigenvalue weighted by atomic mass is 10.0. The van der Waals surface area contributed by atoms with Crippen molar-refractivity contribution in [3.8, 4) is 0 Å². The first-order valence-corrected chi connectivity index (χ1v) is 34.0. The molecule has 0 aliphatic heterocycles. The summed E-state index contributed by atoms with van der Waals surface area (Å²) in [6.07, 6.45) is 81.5. The molecule has 0 radical (unpaired) electrons. The van der Waals surface area contributed by atoms with Crippen LogP contribution in [-0.4, -0.2) is 46.1 Å². The van der Waals surface area contributed by atoms with Crippen molar-refractivity contribution in [3.63, 3.8) is 0 Å². The topological polar surface area (TPSA) is 89.8 Å². The fourth-order valence-electron chi connectivity index (χ4n) is 11.2. The van der Waals surface area contributed by atoms with E-state index in [4.69, 9.17) is 0 Å². The first-order chi connectivity index (χ1) is 36.1. The van der Waals surface area contributed by atoms with Crippen molar-refractivity contribution in [2.24, 2.45) is 0 Å². The van der Waals surface area contributed by atoms with Crippen LogP contribution in [0.3, 0.4) is 0 Å². The maximum absolute atomic E-state index is 12.6. The van der Waals surface area contributed by atoms with Gasteiger partial charge in [-0.25, -0.2) is 0 Å². The molecule has 73 heavy (non-hydrogen) atoms. The normalized spacial score (nSPS) is 13.1. The van der Waals surface area contributed by atoms with E-state index in [9.17, 15) is 20.1 Å². The molecule has 0 spiro atoms. The van der Waals surface area contributed by atoms with Crippen LogP contribution in [0.25, 0.3) is 0 Å². The Bertz CT molecular complexity index is 1050. The van der Waals surface area contributed by atoms with E-state index in [2.05, 4.69) is 31.3 Å². The van der Waals surface area contributed by atoms with Crippen LogP contribution in [0.1, 0.15) is 393 Å². The average molecular weight is 1030 g/mol. The average Bonchev–Trinajstić information content (AvgIpc) is 3.40. The highest BCUT2D eigenvalue weighted by molar-refractivity contribution is 5.76. The first-order valence-electron chi connectivity index (χ1n) is 34.0. The van der Waals surface area contributed by atoms with Crippen molar-refractivity contribution in [1.29, 1.82) is 0 Å². The van der Waals surface area contributed by atoms with Gasteiger partial charge in [0.15, 0.2) is 0 Å². The van der Waals surface area contributed by atoms with Crippen LogP contribution in [0.15, 0.2) is 12.2 Å². The van der Waals surface area contributed by atoms with Crippen LogP contribution < -0.4 is 5.32 Å². The third-order valence-corrected chi connectivity index (χ3v) is 16.4. The Morgan fingerprint density at radius 3 is 0.795 bits per heavy atom. The number of amides is 1. The second kappa shape index (κ2) is 63.6. The fraction of sp³-hybridized carbons (Fsp3) is 0.956. The van der Waals surface area contributed by atoms with Gasteiger partial charge in [0.2, 0.25) is 5.91 Å². The molecular weight excluding hydrogens is 895 g/mol. The van der Waals surface area contributed by atoms with Crippen molar-refractivity contribution in [2.75, 3.05) is 6.61 Å². The van der Waals surface area contributed by atoms with E-state index in [0.717, 1.165) is 38.5 Å². The zero-order chi connectivity index (χ0) is 52.9. The van der Waals surface area contributed by atoms with Crippen LogP contribution in [-0.2, 0) is 4.79 Å². The van der Waals surface area contributed by atoms with Crippen LogP contribution in [0.2, 0.25) is 0 Å². The van der Waals surface area contributed by atoms with Gasteiger partial charge in [0.1, 0.15) is 6.10 Å². The summed E-state index contributed by atoms with van der Waals surface area (Å²) in [7, 11) is 0. The predicted octanol–water partition coefficient (Wildman–Crippen LogP) is 21.8. The Labute approximate surface area is 459 Å². The zero-order valence-corrected chi connectivity index (χ0v) is 50.1. The molecular formula is C68H135NO4. The molecule has 0 heterocycles. The van der Waals surface area contributed by atoms with Gasteiger partial charge in [0.25, 0.3) is 0 Å². The van der Waals surface area contributed by atoms with Gasteiger partial charge in [-0.3, -0.25) is 4.79 Å². The van der Waals surface area contributed by atoms with Gasteiger partial charge in [-0.15, -0.1) is 0 Å². The van der Waals surface area contributed by atoms with E-state index in [1.807, 2.05) is 0 Å². The van der Waals surface area contributed by atoms with Crippen molar-refractivity contribution in [1.82, 2.24) is 5.32 Å². The van der Waals surface area contributed by atoms with E-state index in [1.165, 1.54) is 327 Å². The molecule has 3 unspecified atom stereocenters. The molecule has 436 valence electrons. The number of hydrogen-bond donors (Lipinski definition) is 4. The third-order valence-electron chi connectivity index (χ3n) is 16.4. The molecule has 0 aliphatic rings. The van der Waals surface area contributed by atoms with Crippen LogP contribution >= 0.6 is 0 Å².